The van der Waals surface area contributed by atoms with E-state index in [1.165, 1.54) is 0 Å². The van der Waals surface area contributed by atoms with Crippen molar-refractivity contribution >= 4 is 52.9 Å². The molecule has 16 aliphatic carbocycles. The van der Waals surface area contributed by atoms with Crippen LogP contribution in [0.4, 0.5) is 0 Å². The summed E-state index contributed by atoms with van der Waals surface area (Å²) in [5.41, 5.74) is -13.8. The first-order chi connectivity index (χ1) is 51.1. The fraction of sp³-hybridized carbons (Fsp3) is 0.779. The van der Waals surface area contributed by atoms with Crippen molar-refractivity contribution in [3.05, 3.63) is 72.1 Å². The van der Waals surface area contributed by atoms with Crippen LogP contribution in [0.2, 0.25) is 0 Å². The van der Waals surface area contributed by atoms with Gasteiger partial charge in [0.15, 0.2) is 40.3 Å². The summed E-state index contributed by atoms with van der Waals surface area (Å²) < 4.78 is 31.4. The molecule has 33 atom stereocenters. The van der Waals surface area contributed by atoms with Gasteiger partial charge in [0, 0.05) is 53.8 Å². The first-order valence-electron chi connectivity index (χ1n) is 40.3. The maximum atomic E-state index is 16.0. The van der Waals surface area contributed by atoms with Gasteiger partial charge in [0.25, 0.3) is 0 Å². The summed E-state index contributed by atoms with van der Waals surface area (Å²) in [6, 6.07) is 0. The van der Waals surface area contributed by atoms with Gasteiger partial charge in [0.1, 0.15) is 57.6 Å². The van der Waals surface area contributed by atoms with Crippen LogP contribution in [0.3, 0.4) is 0 Å². The quantitative estimate of drug-likeness (QED) is 0.153. The molecule has 0 amide bonds. The van der Waals surface area contributed by atoms with E-state index in [1.807, 2.05) is 69.5 Å². The molecule has 26 heteroatoms. The van der Waals surface area contributed by atoms with Crippen LogP contribution in [0.25, 0.3) is 0 Å². The summed E-state index contributed by atoms with van der Waals surface area (Å²) in [6.07, 6.45) is -4.72. The number of halogens is 1. The number of aliphatic hydroxyl groups is 12. The molecule has 25 rings (SSSR count). The number of ether oxygens (including phenoxy) is 5. The van der Waals surface area contributed by atoms with Gasteiger partial charge in [-0.1, -0.05) is 95.7 Å². The molecule has 15 saturated carbocycles. The predicted octanol–water partition coefficient (Wildman–Crippen LogP) is 3.86. The maximum absolute atomic E-state index is 16.0. The van der Waals surface area contributed by atoms with E-state index in [9.17, 15) is 90.0 Å². The second kappa shape index (κ2) is 23.5. The van der Waals surface area contributed by atoms with Crippen LogP contribution in [-0.2, 0) is 57.2 Å². The highest BCUT2D eigenvalue weighted by molar-refractivity contribution is 6.10. The van der Waals surface area contributed by atoms with Crippen LogP contribution in [0.1, 0.15) is 159 Å². The summed E-state index contributed by atoms with van der Waals surface area (Å²) in [5.74, 6) is -18.7. The van der Waals surface area contributed by atoms with Crippen LogP contribution >= 0.6 is 12.4 Å². The van der Waals surface area contributed by atoms with Crippen molar-refractivity contribution in [1.82, 2.24) is 5.32 Å². The number of fused-ring (bicyclic) bond motifs is 8. The Balaban J connectivity index is 0.000000137. The highest BCUT2D eigenvalue weighted by Gasteiger charge is 2.94. The number of ketones is 7. The Hall–Kier alpha value is -4.46. The molecule has 16 bridgehead atoms. The Morgan fingerprint density at radius 3 is 1.10 bits per heavy atom. The number of rotatable bonds is 0. The Morgan fingerprint density at radius 1 is 0.384 bits per heavy atom. The molecular weight excluding hydrogens is 1470 g/mol. The molecule has 112 heavy (non-hydrogen) atoms. The third-order valence-corrected chi connectivity index (χ3v) is 35.6. The molecule has 25 nitrogen and oxygen atoms in total. The van der Waals surface area contributed by atoms with Crippen LogP contribution in [-0.4, -0.2) is 220 Å². The lowest BCUT2D eigenvalue weighted by molar-refractivity contribution is -0.447. The number of Topliss-reactive ketones (excluding diaryl/α,β-unsaturated/α-hetero) is 7. The van der Waals surface area contributed by atoms with Crippen molar-refractivity contribution < 1.29 is 119 Å². The molecule has 23 fully saturated rings. The number of allylic oxidation sites excluding steroid dienone is 2. The minimum Gasteiger partial charge on any atom is -0.483 e. The SMILES string of the molecule is C.C=C1C(=O)[C@]23[C@H](O)[C@H]1CC[C@H]2[C@@]12CO[C@@]3(O)[C@@H](O)[C@@H]1C(C)(C)CCC2=O.C=C1C(=O)[C@]23[C@H](O)[C@H]1CC[C@H]2[C@@]12CO[C@@]3(O)[C@@H](O)[C@@H]1C(C)(C)C[C@]1(CCC3=C(O1)[C@]14CO[C@@](O)([C@@H](O)[C@@H]1C(C)(C)C3)[C@]13C(=O)C(=C)[C@H](CC[C@@H]41)[C@H]3O)C2=O.C=C1CC(C)(C)[C@H]2[C@H](O)[C@]3(O)OC[C@]2(C1=O)[C@@H]1CC[C@H]2C(=C)C(=O)[C@]13[C@@H]2O.CNC.Cl. The molecule has 9 aliphatic heterocycles. The van der Waals surface area contributed by atoms with Crippen molar-refractivity contribution in [2.45, 2.75) is 237 Å². The van der Waals surface area contributed by atoms with E-state index in [-0.39, 0.29) is 104 Å². The van der Waals surface area contributed by atoms with Crippen LogP contribution < -0.4 is 5.32 Å². The van der Waals surface area contributed by atoms with E-state index in [0.29, 0.717) is 94.8 Å². The largest absolute Gasteiger partial charge is 0.483 e. The molecule has 9 spiro atoms. The Morgan fingerprint density at radius 2 is 0.696 bits per heavy atom. The standard InChI is InChI=1S/C42H52O12.C21H26O6.C20H26O6.C2H7N.CH4.ClH/c1-17-20-7-9-22-37-15-52-41(50,39(22,26(17)43)28(20)45)30(47)24(37)34(3,4)13-19-11-12-36(54-32(19)37)14-35(5,6)25-31(48)42(51)40-23(38(25,16-53-42)33(36)49)10-8-21(29(40)46)18(2)27(40)44;1-9-7-18(3,4)13-17(25)21(26)20-12(19(13,8-27-21)14(9)22)6-5-11(16(20)24)10(2)15(20)23;1-9-10-4-5-11-18-8-26-20(25,19(11,14(9)22)15(10)23)16(24)13(18)17(2,3)7-6-12(18)21;1-3-2;;/h20-25,28-31,45-48,50-51H,1-2,7-16H2,3-6H3;11-13,16-17,24-26H,1-2,5-8H2,3-4H3;10-11,13,15-16,23-25H,1,4-8H2,2-3H3;3H,1-2H3;1H4;1H/t20-,21-,22-,23-,24+,25+,28+,29+,30-,31-,36+,37-,38-,39-,40-,41-,42-;11-,12-,13+,16+,17-,19-,20-,21-;10-,11-,13+,15+,16-,18+,19-,20-;;;/m000.../s1. The van der Waals surface area contributed by atoms with Gasteiger partial charge < -0.3 is 90.3 Å². The lowest BCUT2D eigenvalue weighted by Gasteiger charge is -2.76. The van der Waals surface area contributed by atoms with E-state index in [2.05, 4.69) is 38.2 Å². The predicted molar refractivity (Wildman–Crippen MR) is 398 cm³/mol. The summed E-state index contributed by atoms with van der Waals surface area (Å²) in [7, 11) is 3.75. The topological polar surface area (TPSA) is 420 Å². The minimum atomic E-state index is -2.43. The maximum Gasteiger partial charge on any atom is 0.208 e. The van der Waals surface area contributed by atoms with Gasteiger partial charge in [-0.15, -0.1) is 12.4 Å². The van der Waals surface area contributed by atoms with Gasteiger partial charge in [-0.05, 0) is 183 Å². The summed E-state index contributed by atoms with van der Waals surface area (Å²) in [5, 5.41) is 144. The Kier molecular flexibility index (Phi) is 17.1. The molecule has 0 radical (unpaired) electrons. The summed E-state index contributed by atoms with van der Waals surface area (Å²) >= 11 is 0. The second-order valence-corrected chi connectivity index (χ2v) is 41.1. The van der Waals surface area contributed by atoms with Crippen LogP contribution in [0.15, 0.2) is 72.1 Å². The van der Waals surface area contributed by atoms with Crippen molar-refractivity contribution in [2.24, 2.45) is 136 Å². The number of carbonyl (C=O) groups excluding carboxylic acids is 7. The molecular formula is C86H116ClNO24. The molecule has 0 aromatic rings. The third kappa shape index (κ3) is 7.88. The van der Waals surface area contributed by atoms with Gasteiger partial charge in [0.05, 0.1) is 72.5 Å². The molecule has 8 saturated heterocycles. The van der Waals surface area contributed by atoms with Gasteiger partial charge in [-0.25, -0.2) is 0 Å². The van der Waals surface area contributed by atoms with E-state index < -0.39 is 231 Å². The van der Waals surface area contributed by atoms with Gasteiger partial charge >= 0.3 is 0 Å². The van der Waals surface area contributed by atoms with Crippen LogP contribution in [0.5, 0.6) is 0 Å². The highest BCUT2D eigenvalue weighted by Crippen LogP contribution is 2.83. The number of carbonyl (C=O) groups is 7. The van der Waals surface area contributed by atoms with Crippen LogP contribution in [0, 0.1) is 136 Å². The monoisotopic (exact) mass is 1580 g/mol. The number of hydrogen-bond acceptors (Lipinski definition) is 25. The first-order valence-corrected chi connectivity index (χ1v) is 40.3. The average molecular weight is 1580 g/mol. The van der Waals surface area contributed by atoms with E-state index in [0.717, 1.165) is 5.57 Å². The van der Waals surface area contributed by atoms with Crippen molar-refractivity contribution in [3.63, 3.8) is 0 Å². The molecule has 13 N–H and O–H groups in total. The number of aliphatic hydroxyl groups excluding tert-OH is 8. The molecule has 9 heterocycles. The van der Waals surface area contributed by atoms with Gasteiger partial charge in [-0.2, -0.15) is 0 Å². The smallest absolute Gasteiger partial charge is 0.208 e. The second-order valence-electron chi connectivity index (χ2n) is 41.1. The summed E-state index contributed by atoms with van der Waals surface area (Å²) in [6.45, 7) is 35.2. The zero-order chi connectivity index (χ0) is 79.8. The molecule has 616 valence electrons. The van der Waals surface area contributed by atoms with Crippen molar-refractivity contribution in [1.29, 1.82) is 0 Å². The van der Waals surface area contributed by atoms with Gasteiger partial charge in [-0.3, -0.25) is 33.6 Å². The zero-order valence-corrected chi connectivity index (χ0v) is 66.0. The first kappa shape index (κ1) is 81.3. The Labute approximate surface area is 658 Å². The average Bonchev–Trinajstić information content (AvgIpc) is 1.24. The molecule has 0 aromatic heterocycles. The minimum absolute atomic E-state index is 0. The molecule has 25 aliphatic rings. The fourth-order valence-electron chi connectivity index (χ4n) is 32.5. The van der Waals surface area contributed by atoms with E-state index in [4.69, 9.17) is 23.7 Å². The number of hydrogen-bond donors (Lipinski definition) is 13. The zero-order valence-electron chi connectivity index (χ0n) is 65.2. The van der Waals surface area contributed by atoms with E-state index >= 15 is 4.79 Å². The van der Waals surface area contributed by atoms with Crippen molar-refractivity contribution in [2.75, 3.05) is 40.5 Å². The fourth-order valence-corrected chi connectivity index (χ4v) is 32.5. The number of nitrogens with one attached hydrogen (secondary N) is 1. The molecule has 0 aromatic carbocycles. The molecule has 0 unspecified atom stereocenters. The Bertz CT molecular complexity index is 4390. The van der Waals surface area contributed by atoms with Crippen molar-refractivity contribution in [3.8, 4) is 0 Å². The lowest BCUT2D eigenvalue weighted by atomic mass is 9.34. The third-order valence-electron chi connectivity index (χ3n) is 35.6. The summed E-state index contributed by atoms with van der Waals surface area (Å²) in [4.78, 5) is 98.3. The highest BCUT2D eigenvalue weighted by atomic mass is 35.5. The van der Waals surface area contributed by atoms with E-state index in [1.54, 1.807) is 0 Å². The normalized spacial score (nSPS) is 55.5. The van der Waals surface area contributed by atoms with Gasteiger partial charge in [0.2, 0.25) is 23.1 Å². The lowest BCUT2D eigenvalue weighted by Crippen LogP contribution is -2.87.